The van der Waals surface area contributed by atoms with E-state index in [1.54, 1.807) is 0 Å². The first-order valence-electron chi connectivity index (χ1n) is 7.90. The smallest absolute Gasteiger partial charge is 0.158 e. The lowest BCUT2D eigenvalue weighted by Crippen LogP contribution is -2.07. The zero-order chi connectivity index (χ0) is 13.5. The molecule has 0 aliphatic heterocycles. The fraction of sp³-hybridized carbons (Fsp3) is 0.938. The highest BCUT2D eigenvalue weighted by Crippen LogP contribution is 2.10. The third-order valence-electron chi connectivity index (χ3n) is 3.30. The Balaban J connectivity index is 2.97. The number of ketones is 1. The summed E-state index contributed by atoms with van der Waals surface area (Å²) in [6, 6.07) is 0. The van der Waals surface area contributed by atoms with E-state index < -0.39 is 0 Å². The van der Waals surface area contributed by atoms with Crippen molar-refractivity contribution in [3.8, 4) is 0 Å². The first-order chi connectivity index (χ1) is 8.81. The van der Waals surface area contributed by atoms with E-state index in [4.69, 9.17) is 4.74 Å². The number of unbranched alkanes of at least 4 members (excludes halogenated alkanes) is 9. The van der Waals surface area contributed by atoms with Crippen LogP contribution in [0.15, 0.2) is 0 Å². The molecular weight excluding hydrogens is 224 g/mol. The molecule has 0 bridgehead atoms. The average molecular weight is 256 g/mol. The van der Waals surface area contributed by atoms with Crippen molar-refractivity contribution in [2.45, 2.75) is 84.5 Å². The number of Topliss-reactive ketones (excluding diaryl/α,β-unsaturated/α-hetero) is 1. The monoisotopic (exact) mass is 256 g/mol. The molecule has 2 nitrogen and oxygen atoms in total. The molecule has 0 saturated carbocycles. The van der Waals surface area contributed by atoms with E-state index >= 15 is 0 Å². The predicted molar refractivity (Wildman–Crippen MR) is 78.0 cm³/mol. The molecule has 0 aliphatic carbocycles. The minimum absolute atomic E-state index is 0.210. The standard InChI is InChI=1S/C16H32O2/c1-3-5-6-7-8-9-10-11-12-13-14-18-15-16(17)4-2/h3-15H2,1-2H3. The van der Waals surface area contributed by atoms with Gasteiger partial charge in [-0.05, 0) is 6.42 Å². The van der Waals surface area contributed by atoms with E-state index in [1.165, 1.54) is 57.8 Å². The van der Waals surface area contributed by atoms with Crippen molar-refractivity contribution >= 4 is 5.78 Å². The Bertz CT molecular complexity index is 178. The van der Waals surface area contributed by atoms with Crippen LogP contribution in [0.4, 0.5) is 0 Å². The molecule has 2 heteroatoms. The van der Waals surface area contributed by atoms with Gasteiger partial charge in [-0.25, -0.2) is 0 Å². The van der Waals surface area contributed by atoms with Crippen molar-refractivity contribution in [2.75, 3.05) is 13.2 Å². The van der Waals surface area contributed by atoms with Gasteiger partial charge in [0.15, 0.2) is 5.78 Å². The summed E-state index contributed by atoms with van der Waals surface area (Å²) in [5.41, 5.74) is 0. The van der Waals surface area contributed by atoms with E-state index in [1.807, 2.05) is 6.92 Å². The highest BCUT2D eigenvalue weighted by atomic mass is 16.5. The van der Waals surface area contributed by atoms with E-state index in [0.29, 0.717) is 13.0 Å². The molecule has 0 spiro atoms. The number of carbonyl (C=O) groups excluding carboxylic acids is 1. The summed E-state index contributed by atoms with van der Waals surface area (Å²) in [4.78, 5) is 11.0. The van der Waals surface area contributed by atoms with Crippen LogP contribution in [-0.2, 0) is 9.53 Å². The van der Waals surface area contributed by atoms with Crippen LogP contribution in [0.2, 0.25) is 0 Å². The van der Waals surface area contributed by atoms with Crippen LogP contribution in [0.25, 0.3) is 0 Å². The van der Waals surface area contributed by atoms with Crippen LogP contribution in [-0.4, -0.2) is 19.0 Å². The van der Waals surface area contributed by atoms with Crippen LogP contribution in [0.3, 0.4) is 0 Å². The number of rotatable bonds is 14. The van der Waals surface area contributed by atoms with Gasteiger partial charge in [-0.3, -0.25) is 4.79 Å². The Morgan fingerprint density at radius 3 is 1.78 bits per heavy atom. The third kappa shape index (κ3) is 13.7. The Morgan fingerprint density at radius 1 is 0.778 bits per heavy atom. The van der Waals surface area contributed by atoms with E-state index in [0.717, 1.165) is 13.0 Å². The van der Waals surface area contributed by atoms with Crippen LogP contribution < -0.4 is 0 Å². The minimum atomic E-state index is 0.210. The molecule has 0 rings (SSSR count). The Labute approximate surface area is 113 Å². The van der Waals surface area contributed by atoms with Crippen LogP contribution in [0.1, 0.15) is 84.5 Å². The molecule has 0 heterocycles. The second-order valence-electron chi connectivity index (χ2n) is 5.13. The molecule has 0 aromatic carbocycles. The van der Waals surface area contributed by atoms with Crippen LogP contribution >= 0.6 is 0 Å². The van der Waals surface area contributed by atoms with Crippen molar-refractivity contribution < 1.29 is 9.53 Å². The summed E-state index contributed by atoms with van der Waals surface area (Å²) in [6.45, 7) is 5.21. The van der Waals surface area contributed by atoms with E-state index in [2.05, 4.69) is 6.92 Å². The maximum absolute atomic E-state index is 11.0. The molecule has 18 heavy (non-hydrogen) atoms. The fourth-order valence-corrected chi connectivity index (χ4v) is 1.98. The van der Waals surface area contributed by atoms with Crippen molar-refractivity contribution in [1.29, 1.82) is 0 Å². The Hall–Kier alpha value is -0.370. The topological polar surface area (TPSA) is 26.3 Å². The highest BCUT2D eigenvalue weighted by molar-refractivity contribution is 5.79. The largest absolute Gasteiger partial charge is 0.374 e. The molecule has 0 N–H and O–H groups in total. The summed E-state index contributed by atoms with van der Waals surface area (Å²) in [5.74, 6) is 0.210. The van der Waals surface area contributed by atoms with Gasteiger partial charge >= 0.3 is 0 Å². The van der Waals surface area contributed by atoms with Crippen molar-refractivity contribution in [1.82, 2.24) is 0 Å². The van der Waals surface area contributed by atoms with Crippen molar-refractivity contribution in [2.24, 2.45) is 0 Å². The molecular formula is C16H32O2. The van der Waals surface area contributed by atoms with Gasteiger partial charge in [0.1, 0.15) is 6.61 Å². The van der Waals surface area contributed by atoms with Gasteiger partial charge in [0.2, 0.25) is 0 Å². The lowest BCUT2D eigenvalue weighted by atomic mass is 10.1. The fourth-order valence-electron chi connectivity index (χ4n) is 1.98. The molecule has 0 aromatic rings. The molecule has 0 aromatic heterocycles. The number of hydrogen-bond acceptors (Lipinski definition) is 2. The molecule has 0 amide bonds. The first kappa shape index (κ1) is 17.6. The lowest BCUT2D eigenvalue weighted by Gasteiger charge is -2.03. The van der Waals surface area contributed by atoms with Gasteiger partial charge in [-0.2, -0.15) is 0 Å². The number of carbonyl (C=O) groups is 1. The number of hydrogen-bond donors (Lipinski definition) is 0. The molecule has 108 valence electrons. The van der Waals surface area contributed by atoms with Gasteiger partial charge in [-0.15, -0.1) is 0 Å². The Kier molecular flexibility index (Phi) is 14.4. The van der Waals surface area contributed by atoms with Gasteiger partial charge in [0.05, 0.1) is 0 Å². The summed E-state index contributed by atoms with van der Waals surface area (Å²) >= 11 is 0. The van der Waals surface area contributed by atoms with E-state index in [9.17, 15) is 4.79 Å². The zero-order valence-electron chi connectivity index (χ0n) is 12.5. The maximum Gasteiger partial charge on any atom is 0.158 e. The average Bonchev–Trinajstić information content (AvgIpc) is 2.39. The summed E-state index contributed by atoms with van der Waals surface area (Å²) in [6.07, 6.45) is 14.0. The van der Waals surface area contributed by atoms with Crippen molar-refractivity contribution in [3.63, 3.8) is 0 Å². The second-order valence-corrected chi connectivity index (χ2v) is 5.13. The molecule has 0 radical (unpaired) electrons. The summed E-state index contributed by atoms with van der Waals surface area (Å²) in [7, 11) is 0. The quantitative estimate of drug-likeness (QED) is 0.413. The molecule has 0 unspecified atom stereocenters. The zero-order valence-corrected chi connectivity index (χ0v) is 12.5. The Morgan fingerprint density at radius 2 is 1.28 bits per heavy atom. The number of ether oxygens (including phenoxy) is 1. The summed E-state index contributed by atoms with van der Waals surface area (Å²) in [5, 5.41) is 0. The van der Waals surface area contributed by atoms with Gasteiger partial charge in [0.25, 0.3) is 0 Å². The SMILES string of the molecule is CCCCCCCCCCCCOCC(=O)CC. The minimum Gasteiger partial charge on any atom is -0.374 e. The van der Waals surface area contributed by atoms with Gasteiger partial charge in [-0.1, -0.05) is 71.6 Å². The molecule has 0 atom stereocenters. The van der Waals surface area contributed by atoms with Crippen LogP contribution in [0, 0.1) is 0 Å². The molecule has 0 fully saturated rings. The van der Waals surface area contributed by atoms with E-state index in [-0.39, 0.29) is 5.78 Å². The maximum atomic E-state index is 11.0. The lowest BCUT2D eigenvalue weighted by molar-refractivity contribution is -0.123. The first-order valence-corrected chi connectivity index (χ1v) is 7.90. The van der Waals surface area contributed by atoms with Gasteiger partial charge in [0, 0.05) is 13.0 Å². The van der Waals surface area contributed by atoms with Crippen LogP contribution in [0.5, 0.6) is 0 Å². The second kappa shape index (κ2) is 14.7. The molecule has 0 saturated heterocycles. The predicted octanol–water partition coefficient (Wildman–Crippen LogP) is 4.90. The van der Waals surface area contributed by atoms with Gasteiger partial charge < -0.3 is 4.74 Å². The third-order valence-corrected chi connectivity index (χ3v) is 3.30. The summed E-state index contributed by atoms with van der Waals surface area (Å²) < 4.78 is 5.31. The highest BCUT2D eigenvalue weighted by Gasteiger charge is 1.97. The molecule has 0 aliphatic rings. The van der Waals surface area contributed by atoms with Crippen molar-refractivity contribution in [3.05, 3.63) is 0 Å². The normalized spacial score (nSPS) is 10.8.